The highest BCUT2D eigenvalue weighted by atomic mass is 16.4. The highest BCUT2D eigenvalue weighted by Gasteiger charge is 2.09. The van der Waals surface area contributed by atoms with Crippen molar-refractivity contribution >= 4 is 11.0 Å². The first-order valence-electron chi connectivity index (χ1n) is 7.79. The van der Waals surface area contributed by atoms with E-state index in [1.54, 1.807) is 6.07 Å². The quantitative estimate of drug-likeness (QED) is 0.682. The van der Waals surface area contributed by atoms with E-state index in [9.17, 15) is 4.79 Å². The molecule has 0 aliphatic carbocycles. The number of fused-ring (bicyclic) bond motifs is 1. The monoisotopic (exact) mass is 307 g/mol. The van der Waals surface area contributed by atoms with Crippen LogP contribution in [0, 0.1) is 13.8 Å². The second kappa shape index (κ2) is 6.39. The van der Waals surface area contributed by atoms with Crippen molar-refractivity contribution in [2.45, 2.75) is 26.9 Å². The first-order valence-corrected chi connectivity index (χ1v) is 7.79. The first-order chi connectivity index (χ1) is 11.0. The number of hydrogen-bond acceptors (Lipinski definition) is 3. The van der Waals surface area contributed by atoms with Crippen LogP contribution in [0.25, 0.3) is 11.0 Å². The summed E-state index contributed by atoms with van der Waals surface area (Å²) in [6.07, 6.45) is 0. The van der Waals surface area contributed by atoms with Gasteiger partial charge in [-0.25, -0.2) is 4.79 Å². The van der Waals surface area contributed by atoms with Crippen molar-refractivity contribution in [3.05, 3.63) is 81.2 Å². The minimum Gasteiger partial charge on any atom is -0.423 e. The van der Waals surface area contributed by atoms with Crippen LogP contribution in [0.1, 0.15) is 22.3 Å². The summed E-state index contributed by atoms with van der Waals surface area (Å²) in [5, 5.41) is 1.01. The minimum absolute atomic E-state index is 0.292. The summed E-state index contributed by atoms with van der Waals surface area (Å²) >= 11 is 0. The van der Waals surface area contributed by atoms with Gasteiger partial charge in [0.25, 0.3) is 0 Å². The van der Waals surface area contributed by atoms with Gasteiger partial charge in [-0.3, -0.25) is 4.90 Å². The molecule has 0 spiro atoms. The molecule has 3 heteroatoms. The first kappa shape index (κ1) is 15.5. The molecule has 0 saturated heterocycles. The lowest BCUT2D eigenvalue weighted by molar-refractivity contribution is 0.319. The van der Waals surface area contributed by atoms with E-state index < -0.39 is 0 Å². The summed E-state index contributed by atoms with van der Waals surface area (Å²) in [6, 6.07) is 16.1. The predicted molar refractivity (Wildman–Crippen MR) is 93.6 cm³/mol. The fourth-order valence-electron chi connectivity index (χ4n) is 2.82. The van der Waals surface area contributed by atoms with E-state index in [0.717, 1.165) is 23.1 Å². The molecule has 3 rings (SSSR count). The largest absolute Gasteiger partial charge is 0.423 e. The molecule has 1 aromatic heterocycles. The zero-order valence-electron chi connectivity index (χ0n) is 13.8. The number of hydrogen-bond donors (Lipinski definition) is 0. The molecule has 3 nitrogen and oxygen atoms in total. The molecule has 0 saturated carbocycles. The molecule has 3 aromatic rings. The molecule has 0 amide bonds. The average Bonchev–Trinajstić information content (AvgIpc) is 2.50. The smallest absolute Gasteiger partial charge is 0.336 e. The Balaban J connectivity index is 1.86. The SMILES string of the molecule is Cc1ccc(CN(C)Cc2cc(=O)oc3ccc(C)cc23)cc1. The minimum atomic E-state index is -0.292. The van der Waals surface area contributed by atoms with E-state index in [-0.39, 0.29) is 5.63 Å². The number of nitrogens with zero attached hydrogens (tertiary/aromatic N) is 1. The van der Waals surface area contributed by atoms with E-state index in [1.807, 2.05) is 19.1 Å². The predicted octanol–water partition coefficient (Wildman–Crippen LogP) is 4.04. The second-order valence-corrected chi connectivity index (χ2v) is 6.25. The molecule has 0 radical (unpaired) electrons. The van der Waals surface area contributed by atoms with E-state index in [4.69, 9.17) is 4.42 Å². The third-order valence-electron chi connectivity index (χ3n) is 4.00. The highest BCUT2D eigenvalue weighted by molar-refractivity contribution is 5.80. The summed E-state index contributed by atoms with van der Waals surface area (Å²) in [4.78, 5) is 14.0. The van der Waals surface area contributed by atoms with Crippen molar-refractivity contribution in [3.8, 4) is 0 Å². The van der Waals surface area contributed by atoms with Crippen molar-refractivity contribution < 1.29 is 4.42 Å². The Hall–Kier alpha value is -2.39. The van der Waals surface area contributed by atoms with Gasteiger partial charge in [0.2, 0.25) is 0 Å². The van der Waals surface area contributed by atoms with Crippen LogP contribution in [0.15, 0.2) is 57.7 Å². The van der Waals surface area contributed by atoms with Gasteiger partial charge >= 0.3 is 5.63 Å². The van der Waals surface area contributed by atoms with Gasteiger partial charge in [-0.05, 0) is 44.2 Å². The molecular weight excluding hydrogens is 286 g/mol. The molecule has 0 fully saturated rings. The summed E-state index contributed by atoms with van der Waals surface area (Å²) in [5.74, 6) is 0. The Morgan fingerprint density at radius 2 is 1.61 bits per heavy atom. The Morgan fingerprint density at radius 3 is 2.35 bits per heavy atom. The van der Waals surface area contributed by atoms with Crippen molar-refractivity contribution in [1.29, 1.82) is 0 Å². The average molecular weight is 307 g/mol. The van der Waals surface area contributed by atoms with Crippen molar-refractivity contribution in [1.82, 2.24) is 4.90 Å². The van der Waals surface area contributed by atoms with E-state index in [2.05, 4.69) is 49.2 Å². The molecule has 0 atom stereocenters. The van der Waals surface area contributed by atoms with Gasteiger partial charge in [0, 0.05) is 24.5 Å². The van der Waals surface area contributed by atoms with Gasteiger partial charge in [-0.1, -0.05) is 41.5 Å². The summed E-state index contributed by atoms with van der Waals surface area (Å²) < 4.78 is 5.30. The van der Waals surface area contributed by atoms with Crippen LogP contribution in [0.3, 0.4) is 0 Å². The van der Waals surface area contributed by atoms with Crippen LogP contribution in [0.2, 0.25) is 0 Å². The zero-order valence-corrected chi connectivity index (χ0v) is 13.8. The van der Waals surface area contributed by atoms with Crippen molar-refractivity contribution in [2.75, 3.05) is 7.05 Å². The van der Waals surface area contributed by atoms with Crippen LogP contribution >= 0.6 is 0 Å². The van der Waals surface area contributed by atoms with Gasteiger partial charge in [0.1, 0.15) is 5.58 Å². The maximum absolute atomic E-state index is 11.8. The van der Waals surface area contributed by atoms with E-state index in [0.29, 0.717) is 12.1 Å². The lowest BCUT2D eigenvalue weighted by Crippen LogP contribution is -2.18. The molecule has 23 heavy (non-hydrogen) atoms. The van der Waals surface area contributed by atoms with Gasteiger partial charge in [-0.15, -0.1) is 0 Å². The summed E-state index contributed by atoms with van der Waals surface area (Å²) in [6.45, 7) is 5.68. The van der Waals surface area contributed by atoms with Crippen LogP contribution in [-0.2, 0) is 13.1 Å². The highest BCUT2D eigenvalue weighted by Crippen LogP contribution is 2.20. The Kier molecular flexibility index (Phi) is 4.30. The lowest BCUT2D eigenvalue weighted by atomic mass is 10.1. The number of benzene rings is 2. The van der Waals surface area contributed by atoms with Crippen molar-refractivity contribution in [3.63, 3.8) is 0 Å². The molecule has 0 aliphatic heterocycles. The van der Waals surface area contributed by atoms with Crippen LogP contribution < -0.4 is 5.63 Å². The van der Waals surface area contributed by atoms with Crippen LogP contribution in [0.5, 0.6) is 0 Å². The van der Waals surface area contributed by atoms with Gasteiger partial charge in [0.05, 0.1) is 0 Å². The molecule has 118 valence electrons. The lowest BCUT2D eigenvalue weighted by Gasteiger charge is -2.18. The molecule has 2 aromatic carbocycles. The fourth-order valence-corrected chi connectivity index (χ4v) is 2.82. The molecule has 0 aliphatic rings. The molecule has 1 heterocycles. The van der Waals surface area contributed by atoms with E-state index >= 15 is 0 Å². The summed E-state index contributed by atoms with van der Waals surface area (Å²) in [7, 11) is 2.07. The molecule has 0 bridgehead atoms. The normalized spacial score (nSPS) is 11.3. The summed E-state index contributed by atoms with van der Waals surface area (Å²) in [5.41, 5.74) is 5.06. The van der Waals surface area contributed by atoms with E-state index in [1.165, 1.54) is 11.1 Å². The molecular formula is C20H21NO2. The van der Waals surface area contributed by atoms with Crippen molar-refractivity contribution in [2.24, 2.45) is 0 Å². The zero-order chi connectivity index (χ0) is 16.4. The fraction of sp³-hybridized carbons (Fsp3) is 0.250. The third kappa shape index (κ3) is 3.69. The standard InChI is InChI=1S/C20H21NO2/c1-14-4-7-16(8-5-14)12-21(3)13-17-11-20(22)23-19-9-6-15(2)10-18(17)19/h4-11H,12-13H2,1-3H3. The van der Waals surface area contributed by atoms with Gasteiger partial charge in [-0.2, -0.15) is 0 Å². The van der Waals surface area contributed by atoms with Crippen LogP contribution in [0.4, 0.5) is 0 Å². The molecule has 0 unspecified atom stereocenters. The number of aryl methyl sites for hydroxylation is 2. The topological polar surface area (TPSA) is 33.5 Å². The maximum atomic E-state index is 11.8. The Bertz CT molecular complexity index is 878. The van der Waals surface area contributed by atoms with Gasteiger partial charge < -0.3 is 4.42 Å². The Morgan fingerprint density at radius 1 is 0.913 bits per heavy atom. The molecule has 0 N–H and O–H groups in total. The Labute approximate surface area is 136 Å². The number of rotatable bonds is 4. The van der Waals surface area contributed by atoms with Crippen LogP contribution in [-0.4, -0.2) is 11.9 Å². The third-order valence-corrected chi connectivity index (χ3v) is 4.00. The maximum Gasteiger partial charge on any atom is 0.336 e. The van der Waals surface area contributed by atoms with Gasteiger partial charge in [0.15, 0.2) is 0 Å². The second-order valence-electron chi connectivity index (χ2n) is 6.25.